The van der Waals surface area contributed by atoms with E-state index in [2.05, 4.69) is 6.07 Å². The van der Waals surface area contributed by atoms with Crippen molar-refractivity contribution in [3.05, 3.63) is 53.1 Å². The number of benzene rings is 2. The summed E-state index contributed by atoms with van der Waals surface area (Å²) in [6, 6.07) is 12.0. The molecule has 3 atom stereocenters. The largest absolute Gasteiger partial charge is 0.497 e. The van der Waals surface area contributed by atoms with Crippen molar-refractivity contribution in [3.8, 4) is 17.2 Å². The normalized spacial score (nSPS) is 23.7. The molecule has 0 saturated carbocycles. The van der Waals surface area contributed by atoms with Crippen molar-refractivity contribution in [2.24, 2.45) is 11.8 Å². The molecular formula is C21H22O5. The summed E-state index contributed by atoms with van der Waals surface area (Å²) in [6.07, 6.45) is 0.847. The van der Waals surface area contributed by atoms with Crippen LogP contribution in [0.4, 0.5) is 0 Å². The van der Waals surface area contributed by atoms with Gasteiger partial charge in [-0.05, 0) is 47.4 Å². The Morgan fingerprint density at radius 1 is 0.962 bits per heavy atom. The lowest BCUT2D eigenvalue weighted by atomic mass is 9.67. The van der Waals surface area contributed by atoms with Crippen LogP contribution < -0.4 is 14.2 Å². The van der Waals surface area contributed by atoms with Crippen LogP contribution in [0.3, 0.4) is 0 Å². The Morgan fingerprint density at radius 3 is 2.50 bits per heavy atom. The standard InChI is InChI=1S/C21H22O5/c1-23-15-6-4-12-8-14-11-26-21(22)20(14)19(16(12)10-15)13-5-7-17(24-2)18(9-13)25-3/h4-7,9-10,14,19-20H,8,11H2,1-3H3/t14-,19-,20-/m1/s1. The Balaban J connectivity index is 1.88. The number of carbonyl (C=O) groups is 1. The van der Waals surface area contributed by atoms with E-state index in [1.54, 1.807) is 21.3 Å². The molecule has 136 valence electrons. The first-order valence-corrected chi connectivity index (χ1v) is 8.71. The van der Waals surface area contributed by atoms with Gasteiger partial charge in [0.15, 0.2) is 11.5 Å². The van der Waals surface area contributed by atoms with Gasteiger partial charge in [0.2, 0.25) is 0 Å². The maximum atomic E-state index is 12.5. The Morgan fingerprint density at radius 2 is 1.77 bits per heavy atom. The lowest BCUT2D eigenvalue weighted by molar-refractivity contribution is -0.141. The van der Waals surface area contributed by atoms with E-state index >= 15 is 0 Å². The molecule has 1 saturated heterocycles. The molecule has 4 rings (SSSR count). The molecule has 0 N–H and O–H groups in total. The summed E-state index contributed by atoms with van der Waals surface area (Å²) >= 11 is 0. The lowest BCUT2D eigenvalue weighted by Gasteiger charge is -2.33. The number of rotatable bonds is 4. The van der Waals surface area contributed by atoms with Crippen molar-refractivity contribution in [2.75, 3.05) is 27.9 Å². The highest BCUT2D eigenvalue weighted by Crippen LogP contribution is 2.48. The maximum absolute atomic E-state index is 12.5. The van der Waals surface area contributed by atoms with Crippen molar-refractivity contribution >= 4 is 5.97 Å². The van der Waals surface area contributed by atoms with Gasteiger partial charge in [-0.1, -0.05) is 12.1 Å². The molecule has 5 nitrogen and oxygen atoms in total. The SMILES string of the molecule is COc1ccc2c(c1)[C@@H](c1ccc(OC)c(OC)c1)[C@@H]1C(=O)OC[C@H]1C2. The van der Waals surface area contributed by atoms with Crippen LogP contribution >= 0.6 is 0 Å². The van der Waals surface area contributed by atoms with E-state index in [-0.39, 0.29) is 23.7 Å². The van der Waals surface area contributed by atoms with Crippen LogP contribution in [0.1, 0.15) is 22.6 Å². The molecular weight excluding hydrogens is 332 g/mol. The minimum absolute atomic E-state index is 0.0892. The molecule has 2 aromatic rings. The van der Waals surface area contributed by atoms with Crippen molar-refractivity contribution in [2.45, 2.75) is 12.3 Å². The monoisotopic (exact) mass is 354 g/mol. The molecule has 0 radical (unpaired) electrons. The van der Waals surface area contributed by atoms with Crippen LogP contribution in [0.25, 0.3) is 0 Å². The van der Waals surface area contributed by atoms with E-state index in [0.717, 1.165) is 23.3 Å². The number of esters is 1. The van der Waals surface area contributed by atoms with Crippen molar-refractivity contribution < 1.29 is 23.7 Å². The summed E-state index contributed by atoms with van der Waals surface area (Å²) in [6.45, 7) is 0.485. The minimum atomic E-state index is -0.187. The Labute approximate surface area is 152 Å². The zero-order valence-corrected chi connectivity index (χ0v) is 15.2. The molecule has 0 spiro atoms. The van der Waals surface area contributed by atoms with Gasteiger partial charge in [-0.15, -0.1) is 0 Å². The van der Waals surface area contributed by atoms with E-state index in [4.69, 9.17) is 18.9 Å². The molecule has 1 aliphatic carbocycles. The second kappa shape index (κ2) is 6.56. The zero-order chi connectivity index (χ0) is 18.3. The molecule has 0 amide bonds. The molecule has 2 aromatic carbocycles. The van der Waals surface area contributed by atoms with Gasteiger partial charge in [0.05, 0.1) is 33.9 Å². The van der Waals surface area contributed by atoms with Crippen LogP contribution in [0, 0.1) is 11.8 Å². The highest BCUT2D eigenvalue weighted by atomic mass is 16.5. The van der Waals surface area contributed by atoms with Crippen LogP contribution in [-0.4, -0.2) is 33.9 Å². The predicted molar refractivity (Wildman–Crippen MR) is 96.0 cm³/mol. The summed E-state index contributed by atoms with van der Waals surface area (Å²) in [5.41, 5.74) is 3.38. The summed E-state index contributed by atoms with van der Waals surface area (Å²) in [7, 11) is 4.89. The van der Waals surface area contributed by atoms with Gasteiger partial charge in [0, 0.05) is 11.8 Å². The van der Waals surface area contributed by atoms with Gasteiger partial charge in [0.1, 0.15) is 5.75 Å². The fourth-order valence-corrected chi connectivity index (χ4v) is 4.26. The van der Waals surface area contributed by atoms with Gasteiger partial charge in [-0.2, -0.15) is 0 Å². The third-order valence-electron chi connectivity index (χ3n) is 5.52. The Hall–Kier alpha value is -2.69. The Bertz CT molecular complexity index is 844. The third kappa shape index (κ3) is 2.59. The maximum Gasteiger partial charge on any atom is 0.310 e. The molecule has 2 aliphatic rings. The van der Waals surface area contributed by atoms with Gasteiger partial charge >= 0.3 is 5.97 Å². The van der Waals surface area contributed by atoms with Crippen molar-refractivity contribution in [1.82, 2.24) is 0 Å². The third-order valence-corrected chi connectivity index (χ3v) is 5.52. The smallest absolute Gasteiger partial charge is 0.310 e. The van der Waals surface area contributed by atoms with Crippen LogP contribution in [0.2, 0.25) is 0 Å². The van der Waals surface area contributed by atoms with E-state index in [0.29, 0.717) is 18.1 Å². The van der Waals surface area contributed by atoms with E-state index in [1.165, 1.54) is 5.56 Å². The fraction of sp³-hybridized carbons (Fsp3) is 0.381. The van der Waals surface area contributed by atoms with Crippen molar-refractivity contribution in [1.29, 1.82) is 0 Å². The molecule has 1 fully saturated rings. The molecule has 5 heteroatoms. The summed E-state index contributed by atoms with van der Waals surface area (Å²) < 4.78 is 21.7. The second-order valence-electron chi connectivity index (χ2n) is 6.78. The number of cyclic esters (lactones) is 1. The molecule has 0 aromatic heterocycles. The van der Waals surface area contributed by atoms with Gasteiger partial charge in [-0.3, -0.25) is 4.79 Å². The minimum Gasteiger partial charge on any atom is -0.497 e. The molecule has 1 aliphatic heterocycles. The van der Waals surface area contributed by atoms with E-state index in [9.17, 15) is 4.79 Å². The quantitative estimate of drug-likeness (QED) is 0.790. The van der Waals surface area contributed by atoms with Gasteiger partial charge < -0.3 is 18.9 Å². The predicted octanol–water partition coefficient (Wildman–Crippen LogP) is 3.19. The first kappa shape index (κ1) is 16.8. The van der Waals surface area contributed by atoms with E-state index in [1.807, 2.05) is 30.3 Å². The van der Waals surface area contributed by atoms with E-state index < -0.39 is 0 Å². The molecule has 0 bridgehead atoms. The second-order valence-corrected chi connectivity index (χ2v) is 6.78. The first-order valence-electron chi connectivity index (χ1n) is 8.71. The van der Waals surface area contributed by atoms with Gasteiger partial charge in [-0.25, -0.2) is 0 Å². The first-order chi connectivity index (χ1) is 12.7. The molecule has 0 unspecified atom stereocenters. The molecule has 26 heavy (non-hydrogen) atoms. The van der Waals surface area contributed by atoms with Crippen LogP contribution in [-0.2, 0) is 16.0 Å². The van der Waals surface area contributed by atoms with Crippen LogP contribution in [0.5, 0.6) is 17.2 Å². The highest BCUT2D eigenvalue weighted by Gasteiger charge is 2.47. The number of fused-ring (bicyclic) bond motifs is 2. The van der Waals surface area contributed by atoms with Crippen molar-refractivity contribution in [3.63, 3.8) is 0 Å². The highest BCUT2D eigenvalue weighted by molar-refractivity contribution is 5.78. The average molecular weight is 354 g/mol. The molecule has 1 heterocycles. The number of methoxy groups -OCH3 is 3. The topological polar surface area (TPSA) is 54.0 Å². The number of carbonyl (C=O) groups excluding carboxylic acids is 1. The average Bonchev–Trinajstić information content (AvgIpc) is 3.05. The summed E-state index contributed by atoms with van der Waals surface area (Å²) in [4.78, 5) is 12.5. The lowest BCUT2D eigenvalue weighted by Crippen LogP contribution is -2.31. The number of ether oxygens (including phenoxy) is 4. The zero-order valence-electron chi connectivity index (χ0n) is 15.2. The van der Waals surface area contributed by atoms with Gasteiger partial charge in [0.25, 0.3) is 0 Å². The summed E-state index contributed by atoms with van der Waals surface area (Å²) in [5, 5.41) is 0. The Kier molecular flexibility index (Phi) is 4.23. The summed E-state index contributed by atoms with van der Waals surface area (Å²) in [5.74, 6) is 1.91. The number of hydrogen-bond acceptors (Lipinski definition) is 5. The van der Waals surface area contributed by atoms with Crippen LogP contribution in [0.15, 0.2) is 36.4 Å². The number of hydrogen-bond donors (Lipinski definition) is 0. The fourth-order valence-electron chi connectivity index (χ4n) is 4.26.